The molecule has 6 nitrogen and oxygen atoms in total. The number of hydrogen-bond donors (Lipinski definition) is 1. The van der Waals surface area contributed by atoms with Gasteiger partial charge < -0.3 is 10.2 Å². The molecule has 3 aliphatic heterocycles. The summed E-state index contributed by atoms with van der Waals surface area (Å²) in [5.74, 6) is 0.517. The Labute approximate surface area is 205 Å². The van der Waals surface area contributed by atoms with Crippen LogP contribution in [0, 0.1) is 12.8 Å². The van der Waals surface area contributed by atoms with Gasteiger partial charge in [0.1, 0.15) is 11.3 Å². The lowest BCUT2D eigenvalue weighted by Crippen LogP contribution is -2.57. The van der Waals surface area contributed by atoms with Gasteiger partial charge in [-0.25, -0.2) is 4.98 Å². The van der Waals surface area contributed by atoms with Crippen LogP contribution >= 0.6 is 0 Å². The number of hydrogen-bond acceptors (Lipinski definition) is 4. The minimum Gasteiger partial charge on any atom is -0.346 e. The topological polar surface area (TPSA) is 62.5 Å². The van der Waals surface area contributed by atoms with Gasteiger partial charge >= 0.3 is 0 Å². The van der Waals surface area contributed by atoms with E-state index in [-0.39, 0.29) is 11.9 Å². The number of rotatable bonds is 5. The maximum absolute atomic E-state index is 13.3. The first-order valence-corrected chi connectivity index (χ1v) is 12.3. The number of nitrogens with one attached hydrogen (secondary N) is 1. The number of fused-ring (bicyclic) bond motifs is 4. The summed E-state index contributed by atoms with van der Waals surface area (Å²) in [5.41, 5.74) is 7.55. The van der Waals surface area contributed by atoms with Crippen molar-refractivity contribution in [3.63, 3.8) is 0 Å². The van der Waals surface area contributed by atoms with E-state index in [2.05, 4.69) is 53.0 Å². The zero-order chi connectivity index (χ0) is 23.9. The lowest BCUT2D eigenvalue weighted by molar-refractivity contribution is 0.0617. The van der Waals surface area contributed by atoms with Gasteiger partial charge in [0.15, 0.2) is 0 Å². The molecule has 2 bridgehead atoms. The second-order valence-electron chi connectivity index (χ2n) is 9.68. The van der Waals surface area contributed by atoms with Crippen LogP contribution in [0.4, 0.5) is 0 Å². The molecule has 0 saturated carbocycles. The van der Waals surface area contributed by atoms with Crippen LogP contribution in [0.15, 0.2) is 67.6 Å². The lowest BCUT2D eigenvalue weighted by Gasteiger charge is -2.44. The summed E-state index contributed by atoms with van der Waals surface area (Å²) >= 11 is 0. The molecule has 0 spiro atoms. The van der Waals surface area contributed by atoms with E-state index >= 15 is 0 Å². The molecule has 0 aliphatic carbocycles. The molecule has 0 radical (unpaired) electrons. The van der Waals surface area contributed by atoms with Crippen molar-refractivity contribution in [2.75, 3.05) is 19.6 Å². The highest BCUT2D eigenvalue weighted by molar-refractivity contribution is 5.94. The van der Waals surface area contributed by atoms with Gasteiger partial charge in [-0.2, -0.15) is 0 Å². The molecule has 176 valence electrons. The van der Waals surface area contributed by atoms with E-state index in [9.17, 15) is 4.79 Å². The smallest absolute Gasteiger partial charge is 0.270 e. The third-order valence-electron chi connectivity index (χ3n) is 7.59. The molecule has 1 atom stereocenters. The minimum absolute atomic E-state index is 0.0598. The number of carbonyl (C=O) groups excluding carboxylic acids is 1. The van der Waals surface area contributed by atoms with E-state index < -0.39 is 0 Å². The fourth-order valence-corrected chi connectivity index (χ4v) is 5.60. The summed E-state index contributed by atoms with van der Waals surface area (Å²) in [4.78, 5) is 24.9. The second kappa shape index (κ2) is 8.78. The number of carbonyl (C=O) groups is 1. The average Bonchev–Trinajstić information content (AvgIpc) is 3.33. The van der Waals surface area contributed by atoms with E-state index in [4.69, 9.17) is 4.98 Å². The zero-order valence-electron chi connectivity index (χ0n) is 19.9. The Morgan fingerprint density at radius 2 is 1.94 bits per heavy atom. The molecule has 6 heterocycles. The van der Waals surface area contributed by atoms with Gasteiger partial charge in [-0.05, 0) is 74.2 Å². The molecule has 6 heteroatoms. The number of benzene rings is 1. The third kappa shape index (κ3) is 3.94. The molecular weight excluding hydrogens is 434 g/mol. The third-order valence-corrected chi connectivity index (χ3v) is 7.59. The molecule has 1 aromatic carbocycles. The first-order valence-electron chi connectivity index (χ1n) is 12.3. The molecule has 3 saturated heterocycles. The van der Waals surface area contributed by atoms with Gasteiger partial charge in [-0.1, -0.05) is 30.9 Å². The zero-order valence-corrected chi connectivity index (χ0v) is 19.9. The minimum atomic E-state index is -0.0598. The van der Waals surface area contributed by atoms with E-state index in [0.29, 0.717) is 11.6 Å². The highest BCUT2D eigenvalue weighted by Gasteiger charge is 2.35. The number of aromatic nitrogens is 3. The number of aryl methyl sites for hydroxylation is 1. The van der Waals surface area contributed by atoms with Crippen molar-refractivity contribution in [3.8, 4) is 22.4 Å². The van der Waals surface area contributed by atoms with Crippen LogP contribution < -0.4 is 5.32 Å². The van der Waals surface area contributed by atoms with Gasteiger partial charge in [0.25, 0.3) is 5.91 Å². The first kappa shape index (κ1) is 21.7. The Morgan fingerprint density at radius 1 is 1.11 bits per heavy atom. The Morgan fingerprint density at radius 3 is 2.69 bits per heavy atom. The van der Waals surface area contributed by atoms with Crippen molar-refractivity contribution in [2.24, 2.45) is 5.92 Å². The van der Waals surface area contributed by atoms with E-state index in [1.807, 2.05) is 41.1 Å². The summed E-state index contributed by atoms with van der Waals surface area (Å²) < 4.78 is 1.90. The number of imidazole rings is 1. The van der Waals surface area contributed by atoms with Crippen LogP contribution in [0.2, 0.25) is 0 Å². The summed E-state index contributed by atoms with van der Waals surface area (Å²) in [5, 5.41) is 3.30. The normalized spacial score (nSPS) is 21.2. The molecule has 7 rings (SSSR count). The Bertz CT molecular complexity index is 1430. The Hall–Kier alpha value is -3.77. The largest absolute Gasteiger partial charge is 0.346 e. The summed E-state index contributed by atoms with van der Waals surface area (Å²) in [7, 11) is 0. The molecule has 3 fully saturated rings. The fraction of sp³-hybridized carbons (Fsp3) is 0.276. The molecule has 3 aliphatic rings. The van der Waals surface area contributed by atoms with E-state index in [0.717, 1.165) is 58.8 Å². The van der Waals surface area contributed by atoms with Crippen molar-refractivity contribution in [1.82, 2.24) is 24.6 Å². The van der Waals surface area contributed by atoms with Crippen molar-refractivity contribution < 1.29 is 4.79 Å². The molecular formula is C29H29N5O. The van der Waals surface area contributed by atoms with Crippen LogP contribution in [0.1, 0.15) is 34.5 Å². The average molecular weight is 464 g/mol. The molecule has 1 amide bonds. The van der Waals surface area contributed by atoms with E-state index in [1.165, 1.54) is 12.8 Å². The van der Waals surface area contributed by atoms with E-state index in [1.54, 1.807) is 6.20 Å². The molecule has 1 unspecified atom stereocenters. The van der Waals surface area contributed by atoms with Gasteiger partial charge in [0, 0.05) is 41.7 Å². The van der Waals surface area contributed by atoms with Crippen LogP contribution in [-0.2, 0) is 0 Å². The molecule has 4 aromatic rings. The predicted molar refractivity (Wildman–Crippen MR) is 139 cm³/mol. The van der Waals surface area contributed by atoms with Gasteiger partial charge in [-0.15, -0.1) is 0 Å². The fourth-order valence-electron chi connectivity index (χ4n) is 5.60. The number of amides is 1. The van der Waals surface area contributed by atoms with Crippen molar-refractivity contribution in [1.29, 1.82) is 0 Å². The molecule has 3 aromatic heterocycles. The quantitative estimate of drug-likeness (QED) is 0.460. The number of nitrogens with zero attached hydrogens (tertiary/aromatic N) is 4. The SMILES string of the molecule is C=Cc1ccc(-c2ncccc2-c2ccc3ncc(C(=O)NC4CN5CCC4CC5)n3c2)cc1C. The van der Waals surface area contributed by atoms with Crippen molar-refractivity contribution in [2.45, 2.75) is 25.8 Å². The highest BCUT2D eigenvalue weighted by atomic mass is 16.2. The highest BCUT2D eigenvalue weighted by Crippen LogP contribution is 2.32. The number of pyridine rings is 2. The summed E-state index contributed by atoms with van der Waals surface area (Å²) in [6, 6.07) is 14.5. The van der Waals surface area contributed by atoms with Gasteiger partial charge in [-0.3, -0.25) is 14.2 Å². The predicted octanol–water partition coefficient (Wildman–Crippen LogP) is 4.84. The van der Waals surface area contributed by atoms with Crippen LogP contribution in [0.5, 0.6) is 0 Å². The maximum atomic E-state index is 13.3. The van der Waals surface area contributed by atoms with Gasteiger partial charge in [0.2, 0.25) is 0 Å². The Kier molecular flexibility index (Phi) is 5.46. The first-order chi connectivity index (χ1) is 17.1. The van der Waals surface area contributed by atoms with Crippen molar-refractivity contribution in [3.05, 3.63) is 84.5 Å². The van der Waals surface area contributed by atoms with Gasteiger partial charge in [0.05, 0.1) is 11.9 Å². The summed E-state index contributed by atoms with van der Waals surface area (Å²) in [6.07, 6.45) is 9.70. The Balaban J connectivity index is 1.35. The number of piperidine rings is 3. The molecule has 1 N–H and O–H groups in total. The van der Waals surface area contributed by atoms with Crippen molar-refractivity contribution >= 4 is 17.6 Å². The maximum Gasteiger partial charge on any atom is 0.270 e. The summed E-state index contributed by atoms with van der Waals surface area (Å²) in [6.45, 7) is 9.23. The monoisotopic (exact) mass is 463 g/mol. The second-order valence-corrected chi connectivity index (χ2v) is 9.68. The van der Waals surface area contributed by atoms with Crippen LogP contribution in [0.25, 0.3) is 34.1 Å². The molecule has 35 heavy (non-hydrogen) atoms. The standard InChI is InChI=1S/C29H29N5O/c1-3-20-6-7-22(15-19(20)2)28-24(5-4-12-30-28)23-8-9-27-31-16-26(34(27)17-23)29(35)32-25-18-33-13-10-21(25)11-14-33/h3-9,12,15-17,21,25H,1,10-11,13-14,18H2,2H3,(H,32,35). The van der Waals surface area contributed by atoms with Crippen LogP contribution in [0.3, 0.4) is 0 Å². The van der Waals surface area contributed by atoms with Crippen LogP contribution in [-0.4, -0.2) is 50.9 Å². The lowest BCUT2D eigenvalue weighted by atomic mass is 9.84.